The van der Waals surface area contributed by atoms with Crippen molar-refractivity contribution in [3.05, 3.63) is 0 Å². The van der Waals surface area contributed by atoms with Gasteiger partial charge in [-0.3, -0.25) is 8.37 Å². The van der Waals surface area contributed by atoms with Crippen LogP contribution in [0, 0.1) is 0 Å². The second kappa shape index (κ2) is 4.83. The Morgan fingerprint density at radius 2 is 1.12 bits per heavy atom. The fourth-order valence-corrected chi connectivity index (χ4v) is 4.65. The minimum absolute atomic E-state index is 0.348. The van der Waals surface area contributed by atoms with Crippen LogP contribution in [0.1, 0.15) is 38.5 Å². The molecule has 100 valence electrons. The van der Waals surface area contributed by atoms with Crippen LogP contribution in [0.4, 0.5) is 0 Å². The molecule has 0 N–H and O–H groups in total. The van der Waals surface area contributed by atoms with Gasteiger partial charge in [-0.1, -0.05) is 0 Å². The van der Waals surface area contributed by atoms with Gasteiger partial charge in [0.25, 0.3) is 20.2 Å². The summed E-state index contributed by atoms with van der Waals surface area (Å²) in [5.41, 5.74) is 0. The van der Waals surface area contributed by atoms with Gasteiger partial charge in [-0.15, -0.1) is 0 Å². The first-order valence-corrected chi connectivity index (χ1v) is 8.84. The molecule has 0 aliphatic heterocycles. The summed E-state index contributed by atoms with van der Waals surface area (Å²) in [7, 11) is -8.08. The molecule has 17 heavy (non-hydrogen) atoms. The number of hydrogen-bond donors (Lipinski definition) is 0. The van der Waals surface area contributed by atoms with Crippen LogP contribution in [0.5, 0.6) is 0 Å². The van der Waals surface area contributed by atoms with E-state index in [4.69, 9.17) is 8.37 Å². The normalized spacial score (nSPS) is 23.1. The lowest BCUT2D eigenvalue weighted by Gasteiger charge is -2.26. The highest BCUT2D eigenvalue weighted by atomic mass is 32.3. The molecule has 0 bridgehead atoms. The molecule has 0 saturated heterocycles. The second-order valence-corrected chi connectivity index (χ2v) is 8.09. The molecule has 0 unspecified atom stereocenters. The molecule has 0 spiro atoms. The Hall–Kier alpha value is -0.180. The van der Waals surface area contributed by atoms with Gasteiger partial charge in [-0.05, 0) is 38.5 Å². The van der Waals surface area contributed by atoms with Crippen LogP contribution in [0.15, 0.2) is 0 Å². The molecular weight excluding hydrogens is 268 g/mol. The topological polar surface area (TPSA) is 86.7 Å². The third-order valence-electron chi connectivity index (χ3n) is 2.96. The highest BCUT2D eigenvalue weighted by molar-refractivity contribution is 8.03. The van der Waals surface area contributed by atoms with Crippen molar-refractivity contribution in [3.8, 4) is 0 Å². The van der Waals surface area contributed by atoms with Crippen LogP contribution in [-0.2, 0) is 28.6 Å². The van der Waals surface area contributed by atoms with E-state index in [0.717, 1.165) is 12.8 Å². The molecule has 2 aliphatic carbocycles. The van der Waals surface area contributed by atoms with E-state index in [-0.39, 0.29) is 12.2 Å². The van der Waals surface area contributed by atoms with Crippen LogP contribution in [0.3, 0.4) is 0 Å². The first kappa shape index (κ1) is 13.3. The Balaban J connectivity index is 1.88. The van der Waals surface area contributed by atoms with E-state index < -0.39 is 25.3 Å². The fraction of sp³-hybridized carbons (Fsp3) is 1.00. The van der Waals surface area contributed by atoms with Gasteiger partial charge in [0.15, 0.2) is 0 Å². The van der Waals surface area contributed by atoms with Gasteiger partial charge in [-0.25, -0.2) is 0 Å². The molecule has 6 nitrogen and oxygen atoms in total. The quantitative estimate of drug-likeness (QED) is 0.669. The zero-order chi connectivity index (χ0) is 12.5. The summed E-state index contributed by atoms with van der Waals surface area (Å²) in [5, 5.41) is -1.08. The summed E-state index contributed by atoms with van der Waals surface area (Å²) >= 11 is 0. The molecule has 0 aromatic heterocycles. The molecule has 0 radical (unpaired) electrons. The molecule has 2 rings (SSSR count). The second-order valence-electron chi connectivity index (χ2n) is 4.53. The maximum Gasteiger partial charge on any atom is 0.284 e. The van der Waals surface area contributed by atoms with Gasteiger partial charge < -0.3 is 0 Å². The minimum Gasteiger partial charge on any atom is -0.266 e. The summed E-state index contributed by atoms with van der Waals surface area (Å²) in [5.74, 6) is 0. The highest BCUT2D eigenvalue weighted by Crippen LogP contribution is 2.26. The molecule has 8 heteroatoms. The zero-order valence-electron chi connectivity index (χ0n) is 9.37. The molecule has 0 heterocycles. The van der Waals surface area contributed by atoms with Crippen LogP contribution in [0.2, 0.25) is 0 Å². The fourth-order valence-electron chi connectivity index (χ4n) is 1.58. The minimum atomic E-state index is -4.04. The van der Waals surface area contributed by atoms with Crippen molar-refractivity contribution in [3.63, 3.8) is 0 Å². The van der Waals surface area contributed by atoms with Gasteiger partial charge in [-0.2, -0.15) is 16.8 Å². The van der Waals surface area contributed by atoms with Crippen molar-refractivity contribution >= 4 is 20.2 Å². The summed E-state index contributed by atoms with van der Waals surface area (Å²) in [4.78, 5) is 0. The third kappa shape index (κ3) is 3.90. The largest absolute Gasteiger partial charge is 0.284 e. The Morgan fingerprint density at radius 3 is 1.35 bits per heavy atom. The van der Waals surface area contributed by atoms with Gasteiger partial charge in [0.1, 0.15) is 0 Å². The monoisotopic (exact) mass is 284 g/mol. The Bertz CT molecular complexity index is 414. The first-order chi connectivity index (χ1) is 7.86. The van der Waals surface area contributed by atoms with E-state index in [1.165, 1.54) is 0 Å². The smallest absolute Gasteiger partial charge is 0.266 e. The van der Waals surface area contributed by atoms with E-state index in [9.17, 15) is 16.8 Å². The van der Waals surface area contributed by atoms with Crippen LogP contribution < -0.4 is 0 Å². The molecule has 0 aromatic carbocycles. The van der Waals surface area contributed by atoms with Crippen molar-refractivity contribution in [2.24, 2.45) is 0 Å². The van der Waals surface area contributed by atoms with Gasteiger partial charge in [0.2, 0.25) is 5.08 Å². The number of rotatable bonds is 6. The third-order valence-corrected chi connectivity index (χ3v) is 6.40. The van der Waals surface area contributed by atoms with Crippen molar-refractivity contribution in [2.75, 3.05) is 5.08 Å². The van der Waals surface area contributed by atoms with Crippen molar-refractivity contribution < 1.29 is 25.2 Å². The lowest BCUT2D eigenvalue weighted by molar-refractivity contribution is 0.123. The number of hydrogen-bond acceptors (Lipinski definition) is 6. The van der Waals surface area contributed by atoms with Crippen LogP contribution in [0.25, 0.3) is 0 Å². The Labute approximate surface area is 102 Å². The van der Waals surface area contributed by atoms with Crippen LogP contribution in [-0.4, -0.2) is 34.1 Å². The van der Waals surface area contributed by atoms with E-state index in [1.807, 2.05) is 0 Å². The predicted octanol–water partition coefficient (Wildman–Crippen LogP) is 0.742. The van der Waals surface area contributed by atoms with E-state index in [0.29, 0.717) is 25.7 Å². The molecule has 2 aliphatic rings. The van der Waals surface area contributed by atoms with Gasteiger partial charge in [0.05, 0.1) is 12.2 Å². The van der Waals surface area contributed by atoms with Crippen molar-refractivity contribution in [2.45, 2.75) is 50.7 Å². The zero-order valence-corrected chi connectivity index (χ0v) is 11.0. The summed E-state index contributed by atoms with van der Waals surface area (Å²) < 4.78 is 55.3. The van der Waals surface area contributed by atoms with Gasteiger partial charge in [0, 0.05) is 0 Å². The maximum absolute atomic E-state index is 11.5. The summed E-state index contributed by atoms with van der Waals surface area (Å²) in [6.45, 7) is 0. The summed E-state index contributed by atoms with van der Waals surface area (Å²) in [6, 6.07) is 0. The van der Waals surface area contributed by atoms with Gasteiger partial charge >= 0.3 is 0 Å². The average molecular weight is 284 g/mol. The molecule has 2 fully saturated rings. The Kier molecular flexibility index (Phi) is 3.77. The van der Waals surface area contributed by atoms with E-state index >= 15 is 0 Å². The Morgan fingerprint density at radius 1 is 0.765 bits per heavy atom. The predicted molar refractivity (Wildman–Crippen MR) is 60.2 cm³/mol. The standard InChI is InChI=1S/C9H16O6S2/c10-16(11,14-8-3-1-4-8)7-17(12,13)15-9-5-2-6-9/h8-9H,1-7H2. The maximum atomic E-state index is 11.5. The first-order valence-electron chi connectivity index (χ1n) is 5.68. The highest BCUT2D eigenvalue weighted by Gasteiger charge is 2.32. The summed E-state index contributed by atoms with van der Waals surface area (Å²) in [6.07, 6.45) is 3.83. The lowest BCUT2D eigenvalue weighted by atomic mass is 9.97. The SMILES string of the molecule is O=S(=O)(CS(=O)(=O)OC1CCC1)OC1CCC1. The van der Waals surface area contributed by atoms with Crippen LogP contribution >= 0.6 is 0 Å². The lowest BCUT2D eigenvalue weighted by Crippen LogP contribution is -2.32. The molecular formula is C9H16O6S2. The molecule has 0 aromatic rings. The molecule has 0 amide bonds. The van der Waals surface area contributed by atoms with Crippen molar-refractivity contribution in [1.29, 1.82) is 0 Å². The van der Waals surface area contributed by atoms with Crippen molar-refractivity contribution in [1.82, 2.24) is 0 Å². The van der Waals surface area contributed by atoms with E-state index in [2.05, 4.69) is 0 Å². The molecule has 0 atom stereocenters. The molecule has 2 saturated carbocycles. The van der Waals surface area contributed by atoms with E-state index in [1.54, 1.807) is 0 Å². The average Bonchev–Trinajstić information content (AvgIpc) is 2.03.